The van der Waals surface area contributed by atoms with Gasteiger partial charge in [-0.25, -0.2) is 14.9 Å². The van der Waals surface area contributed by atoms with Gasteiger partial charge < -0.3 is 0 Å². The number of amides is 2. The average Bonchev–Trinajstić information content (AvgIpc) is 3.28. The van der Waals surface area contributed by atoms with Crippen LogP contribution in [-0.4, -0.2) is 41.0 Å². The minimum atomic E-state index is -0.459. The van der Waals surface area contributed by atoms with Crippen molar-refractivity contribution >= 4 is 40.7 Å². The van der Waals surface area contributed by atoms with Crippen molar-refractivity contribution in [2.24, 2.45) is 5.92 Å². The molecule has 2 amide bonds. The first-order valence-corrected chi connectivity index (χ1v) is 9.74. The van der Waals surface area contributed by atoms with Crippen molar-refractivity contribution in [3.8, 4) is 0 Å². The first-order valence-electron chi connectivity index (χ1n) is 8.98. The van der Waals surface area contributed by atoms with Gasteiger partial charge in [-0.05, 0) is 42.3 Å². The molecule has 0 radical (unpaired) electrons. The number of fused-ring (bicyclic) bond motifs is 3. The standard InChI is InChI=1S/C20H17Cl2N3O2/c21-13-7-5-12(6-8-13)17-16-18(24-10-2-9-23(17)24)20(27)25(19(16)26)15-4-1-3-14(22)11-15/h1,3-8,11,16-18H,2,9-10H2/t16-,17-,18-/m1/s1. The Hall–Kier alpha value is -1.92. The van der Waals surface area contributed by atoms with Gasteiger partial charge in [-0.3, -0.25) is 9.59 Å². The van der Waals surface area contributed by atoms with Crippen molar-refractivity contribution in [3.63, 3.8) is 0 Å². The van der Waals surface area contributed by atoms with E-state index >= 15 is 0 Å². The molecule has 7 heteroatoms. The van der Waals surface area contributed by atoms with E-state index in [1.165, 1.54) is 4.90 Å². The van der Waals surface area contributed by atoms with Crippen molar-refractivity contribution in [1.82, 2.24) is 10.0 Å². The number of hydrogen-bond acceptors (Lipinski definition) is 4. The summed E-state index contributed by atoms with van der Waals surface area (Å²) in [4.78, 5) is 27.9. The van der Waals surface area contributed by atoms with Crippen LogP contribution >= 0.6 is 23.2 Å². The van der Waals surface area contributed by atoms with Gasteiger partial charge in [0.1, 0.15) is 6.04 Å². The lowest BCUT2D eigenvalue weighted by Gasteiger charge is -2.29. The molecule has 5 rings (SSSR count). The molecule has 0 aliphatic carbocycles. The van der Waals surface area contributed by atoms with Crippen LogP contribution in [0.3, 0.4) is 0 Å². The molecule has 3 aliphatic heterocycles. The molecule has 3 saturated heterocycles. The summed E-state index contributed by atoms with van der Waals surface area (Å²) in [5.74, 6) is -0.768. The maximum atomic E-state index is 13.4. The van der Waals surface area contributed by atoms with E-state index in [1.54, 1.807) is 24.3 Å². The SMILES string of the molecule is O=C1[C@@H]2[C@@H](c3ccc(Cl)cc3)N3CCCN3[C@H]2C(=O)N1c1cccc(Cl)c1. The molecular weight excluding hydrogens is 385 g/mol. The third-order valence-electron chi connectivity index (χ3n) is 5.68. The summed E-state index contributed by atoms with van der Waals surface area (Å²) in [6.45, 7) is 1.63. The molecular formula is C20H17Cl2N3O2. The van der Waals surface area contributed by atoms with Gasteiger partial charge in [-0.1, -0.05) is 41.4 Å². The fourth-order valence-electron chi connectivity index (χ4n) is 4.64. The predicted octanol–water partition coefficient (Wildman–Crippen LogP) is 3.53. The third kappa shape index (κ3) is 2.53. The molecule has 27 heavy (non-hydrogen) atoms. The number of imide groups is 1. The summed E-state index contributed by atoms with van der Waals surface area (Å²) in [5.41, 5.74) is 1.54. The van der Waals surface area contributed by atoms with Crippen molar-refractivity contribution in [2.75, 3.05) is 18.0 Å². The van der Waals surface area contributed by atoms with Crippen LogP contribution in [0.1, 0.15) is 18.0 Å². The average molecular weight is 402 g/mol. The van der Waals surface area contributed by atoms with Crippen molar-refractivity contribution in [3.05, 3.63) is 64.1 Å². The van der Waals surface area contributed by atoms with Crippen LogP contribution in [0.25, 0.3) is 0 Å². The second kappa shape index (κ2) is 6.31. The fourth-order valence-corrected chi connectivity index (χ4v) is 4.95. The number of anilines is 1. The van der Waals surface area contributed by atoms with Gasteiger partial charge in [-0.2, -0.15) is 0 Å². The summed E-state index contributed by atoms with van der Waals surface area (Å²) >= 11 is 12.1. The van der Waals surface area contributed by atoms with Crippen LogP contribution in [0.4, 0.5) is 5.69 Å². The Kier molecular flexibility index (Phi) is 4.02. The second-order valence-corrected chi connectivity index (χ2v) is 8.01. The van der Waals surface area contributed by atoms with Crippen molar-refractivity contribution < 1.29 is 9.59 Å². The highest BCUT2D eigenvalue weighted by atomic mass is 35.5. The van der Waals surface area contributed by atoms with Crippen LogP contribution in [0.2, 0.25) is 10.0 Å². The Morgan fingerprint density at radius 1 is 0.815 bits per heavy atom. The summed E-state index contributed by atoms with van der Waals surface area (Å²) < 4.78 is 0. The summed E-state index contributed by atoms with van der Waals surface area (Å²) in [5, 5.41) is 5.42. The number of carbonyl (C=O) groups excluding carboxylic acids is 2. The molecule has 138 valence electrons. The zero-order valence-corrected chi connectivity index (χ0v) is 15.9. The van der Waals surface area contributed by atoms with Gasteiger partial charge in [0.15, 0.2) is 0 Å². The molecule has 5 nitrogen and oxygen atoms in total. The van der Waals surface area contributed by atoms with E-state index in [2.05, 4.69) is 10.0 Å². The zero-order valence-electron chi connectivity index (χ0n) is 14.4. The van der Waals surface area contributed by atoms with Gasteiger partial charge in [0, 0.05) is 23.1 Å². The Labute approximate surface area is 167 Å². The highest BCUT2D eigenvalue weighted by Crippen LogP contribution is 2.49. The molecule has 3 atom stereocenters. The lowest BCUT2D eigenvalue weighted by molar-refractivity contribution is -0.126. The van der Waals surface area contributed by atoms with E-state index in [-0.39, 0.29) is 17.9 Å². The highest BCUT2D eigenvalue weighted by molar-refractivity contribution is 6.31. The molecule has 0 unspecified atom stereocenters. The number of hydrazine groups is 1. The Bertz CT molecular complexity index is 933. The number of halogens is 2. The first kappa shape index (κ1) is 17.2. The van der Waals surface area contributed by atoms with E-state index in [9.17, 15) is 9.59 Å². The lowest BCUT2D eigenvalue weighted by atomic mass is 9.90. The normalized spacial score (nSPS) is 28.1. The molecule has 0 saturated carbocycles. The van der Waals surface area contributed by atoms with Gasteiger partial charge in [0.05, 0.1) is 17.6 Å². The minimum Gasteiger partial charge on any atom is -0.274 e. The lowest BCUT2D eigenvalue weighted by Crippen LogP contribution is -2.44. The van der Waals surface area contributed by atoms with Crippen LogP contribution < -0.4 is 4.90 Å². The minimum absolute atomic E-state index is 0.157. The molecule has 3 fully saturated rings. The van der Waals surface area contributed by atoms with Gasteiger partial charge in [-0.15, -0.1) is 0 Å². The predicted molar refractivity (Wildman–Crippen MR) is 103 cm³/mol. The monoisotopic (exact) mass is 401 g/mol. The van der Waals surface area contributed by atoms with E-state index in [4.69, 9.17) is 23.2 Å². The summed E-state index contributed by atoms with van der Waals surface area (Å²) in [6, 6.07) is 13.9. The first-order chi connectivity index (χ1) is 13.1. The van der Waals surface area contributed by atoms with Crippen molar-refractivity contribution in [2.45, 2.75) is 18.5 Å². The van der Waals surface area contributed by atoms with Crippen LogP contribution in [0.5, 0.6) is 0 Å². The van der Waals surface area contributed by atoms with Crippen LogP contribution in [0.15, 0.2) is 48.5 Å². The molecule has 0 bridgehead atoms. The Morgan fingerprint density at radius 2 is 1.52 bits per heavy atom. The molecule has 3 heterocycles. The van der Waals surface area contributed by atoms with E-state index in [0.29, 0.717) is 15.7 Å². The van der Waals surface area contributed by atoms with E-state index < -0.39 is 12.0 Å². The quantitative estimate of drug-likeness (QED) is 0.721. The maximum Gasteiger partial charge on any atom is 0.253 e. The third-order valence-corrected chi connectivity index (χ3v) is 6.17. The van der Waals surface area contributed by atoms with Gasteiger partial charge >= 0.3 is 0 Å². The molecule has 0 N–H and O–H groups in total. The van der Waals surface area contributed by atoms with Gasteiger partial charge in [0.2, 0.25) is 5.91 Å². The zero-order chi connectivity index (χ0) is 18.7. The van der Waals surface area contributed by atoms with E-state index in [0.717, 1.165) is 25.1 Å². The number of rotatable bonds is 2. The number of benzene rings is 2. The number of carbonyl (C=O) groups is 2. The maximum absolute atomic E-state index is 13.4. The molecule has 0 aromatic heterocycles. The summed E-state index contributed by atoms with van der Waals surface area (Å²) in [6.07, 6.45) is 0.978. The Balaban J connectivity index is 1.59. The summed E-state index contributed by atoms with van der Waals surface area (Å²) in [7, 11) is 0. The highest BCUT2D eigenvalue weighted by Gasteiger charge is 2.62. The van der Waals surface area contributed by atoms with Crippen LogP contribution in [0, 0.1) is 5.92 Å². The van der Waals surface area contributed by atoms with Crippen molar-refractivity contribution in [1.29, 1.82) is 0 Å². The smallest absolute Gasteiger partial charge is 0.253 e. The fraction of sp³-hybridized carbons (Fsp3) is 0.300. The van der Waals surface area contributed by atoms with Gasteiger partial charge in [0.25, 0.3) is 5.91 Å². The molecule has 3 aliphatic rings. The van der Waals surface area contributed by atoms with Crippen LogP contribution in [-0.2, 0) is 9.59 Å². The second-order valence-electron chi connectivity index (χ2n) is 7.14. The number of nitrogens with zero attached hydrogens (tertiary/aromatic N) is 3. The Morgan fingerprint density at radius 3 is 2.22 bits per heavy atom. The molecule has 0 spiro atoms. The van der Waals surface area contributed by atoms with E-state index in [1.807, 2.05) is 24.3 Å². The largest absolute Gasteiger partial charge is 0.274 e. The topological polar surface area (TPSA) is 43.9 Å². The number of hydrogen-bond donors (Lipinski definition) is 0. The molecule has 2 aromatic carbocycles. The molecule has 2 aromatic rings.